The van der Waals surface area contributed by atoms with Crippen LogP contribution in [-0.4, -0.2) is 0 Å². The maximum Gasteiger partial charge on any atom is 0.143 e. The van der Waals surface area contributed by atoms with Gasteiger partial charge in [-0.25, -0.2) is 0 Å². The van der Waals surface area contributed by atoms with Crippen LogP contribution in [0.4, 0.5) is 0 Å². The van der Waals surface area contributed by atoms with Crippen LogP contribution in [-0.2, 0) is 0 Å². The molecule has 9 aromatic carbocycles. The van der Waals surface area contributed by atoms with Gasteiger partial charge in [-0.1, -0.05) is 206 Å². The first-order chi connectivity index (χ1) is 27.7. The number of furan rings is 1. The molecular formula is C55H38O. The first-order valence-corrected chi connectivity index (χ1v) is 19.3. The van der Waals surface area contributed by atoms with Gasteiger partial charge in [0.25, 0.3) is 0 Å². The smallest absolute Gasteiger partial charge is 0.143 e. The van der Waals surface area contributed by atoms with E-state index in [4.69, 9.17) is 4.42 Å². The highest BCUT2D eigenvalue weighted by molar-refractivity contribution is 6.09. The fraction of sp³-hybridized carbons (Fsp3) is 0.0182. The van der Waals surface area contributed by atoms with Gasteiger partial charge in [-0.15, -0.1) is 0 Å². The molecule has 0 aliphatic rings. The van der Waals surface area contributed by atoms with Crippen molar-refractivity contribution in [2.45, 2.75) is 5.92 Å². The van der Waals surface area contributed by atoms with Crippen molar-refractivity contribution >= 4 is 21.9 Å². The van der Waals surface area contributed by atoms with Gasteiger partial charge in [-0.3, -0.25) is 0 Å². The summed E-state index contributed by atoms with van der Waals surface area (Å²) < 4.78 is 6.52. The number of fused-ring (bicyclic) bond motifs is 3. The molecule has 0 fully saturated rings. The third-order valence-corrected chi connectivity index (χ3v) is 11.0. The Morgan fingerprint density at radius 3 is 1.20 bits per heavy atom. The highest BCUT2D eigenvalue weighted by Gasteiger charge is 2.21. The van der Waals surface area contributed by atoms with Gasteiger partial charge in [-0.05, 0) is 85.0 Å². The molecule has 0 aliphatic heterocycles. The van der Waals surface area contributed by atoms with E-state index in [1.165, 1.54) is 61.2 Å². The van der Waals surface area contributed by atoms with Gasteiger partial charge >= 0.3 is 0 Å². The largest absolute Gasteiger partial charge is 0.455 e. The highest BCUT2D eigenvalue weighted by Crippen LogP contribution is 2.40. The maximum atomic E-state index is 6.52. The molecule has 0 saturated carbocycles. The molecule has 10 aromatic rings. The predicted molar refractivity (Wildman–Crippen MR) is 235 cm³/mol. The second-order valence-electron chi connectivity index (χ2n) is 14.5. The lowest BCUT2D eigenvalue weighted by atomic mass is 9.82. The lowest BCUT2D eigenvalue weighted by molar-refractivity contribution is 0.670. The molecule has 0 amide bonds. The first kappa shape index (κ1) is 33.4. The number of para-hydroxylation sites is 2. The van der Waals surface area contributed by atoms with E-state index < -0.39 is 0 Å². The van der Waals surface area contributed by atoms with Gasteiger partial charge in [0, 0.05) is 22.3 Å². The first-order valence-electron chi connectivity index (χ1n) is 19.3. The SMILES string of the molecule is c1ccc(-c2cccc(-c3cccc(C(c4cccc(-c5cccc(-c6ccccc6)c5)c4)c4cccc(-c5cccc6c5oc5ccccc56)c4)c3)c2)cc1. The Bertz CT molecular complexity index is 2840. The van der Waals surface area contributed by atoms with Gasteiger partial charge in [0.15, 0.2) is 0 Å². The van der Waals surface area contributed by atoms with Gasteiger partial charge < -0.3 is 4.42 Å². The summed E-state index contributed by atoms with van der Waals surface area (Å²) in [6.07, 6.45) is 0. The van der Waals surface area contributed by atoms with Crippen molar-refractivity contribution in [1.29, 1.82) is 0 Å². The Balaban J connectivity index is 1.11. The van der Waals surface area contributed by atoms with Gasteiger partial charge in [0.2, 0.25) is 0 Å². The van der Waals surface area contributed by atoms with Crippen molar-refractivity contribution < 1.29 is 4.42 Å². The van der Waals surface area contributed by atoms with E-state index in [1.807, 2.05) is 6.07 Å². The zero-order valence-corrected chi connectivity index (χ0v) is 30.8. The van der Waals surface area contributed by atoms with Crippen LogP contribution in [0.2, 0.25) is 0 Å². The maximum absolute atomic E-state index is 6.52. The van der Waals surface area contributed by atoms with Crippen LogP contribution in [0, 0.1) is 0 Å². The van der Waals surface area contributed by atoms with Crippen molar-refractivity contribution in [2.24, 2.45) is 0 Å². The Labute approximate surface area is 327 Å². The summed E-state index contributed by atoms with van der Waals surface area (Å²) in [7, 11) is 0. The van der Waals surface area contributed by atoms with Crippen LogP contribution in [0.15, 0.2) is 229 Å². The average Bonchev–Trinajstić information content (AvgIpc) is 3.67. The van der Waals surface area contributed by atoms with E-state index in [-0.39, 0.29) is 5.92 Å². The lowest BCUT2D eigenvalue weighted by Crippen LogP contribution is -2.04. The van der Waals surface area contributed by atoms with E-state index in [0.29, 0.717) is 0 Å². The molecule has 0 atom stereocenters. The van der Waals surface area contributed by atoms with E-state index >= 15 is 0 Å². The van der Waals surface area contributed by atoms with Crippen LogP contribution >= 0.6 is 0 Å². The van der Waals surface area contributed by atoms with Crippen LogP contribution < -0.4 is 0 Å². The second kappa shape index (κ2) is 14.5. The summed E-state index contributed by atoms with van der Waals surface area (Å²) in [5.74, 6) is -0.0284. The molecule has 264 valence electrons. The molecule has 0 unspecified atom stereocenters. The fourth-order valence-corrected chi connectivity index (χ4v) is 8.25. The molecule has 0 radical (unpaired) electrons. The van der Waals surface area contributed by atoms with Crippen LogP contribution in [0.25, 0.3) is 77.6 Å². The quantitative estimate of drug-likeness (QED) is 0.143. The summed E-state index contributed by atoms with van der Waals surface area (Å²) in [6, 6.07) is 81.0. The molecule has 0 spiro atoms. The van der Waals surface area contributed by atoms with E-state index in [1.54, 1.807) is 0 Å². The Morgan fingerprint density at radius 1 is 0.268 bits per heavy atom. The fourth-order valence-electron chi connectivity index (χ4n) is 8.25. The Hall–Kier alpha value is -7.22. The predicted octanol–water partition coefficient (Wildman–Crippen LogP) is 15.1. The molecule has 10 rings (SSSR count). The topological polar surface area (TPSA) is 13.1 Å². The third-order valence-electron chi connectivity index (χ3n) is 11.0. The monoisotopic (exact) mass is 714 g/mol. The average molecular weight is 715 g/mol. The molecule has 1 nitrogen and oxygen atoms in total. The van der Waals surface area contributed by atoms with E-state index in [2.05, 4.69) is 218 Å². The van der Waals surface area contributed by atoms with Crippen LogP contribution in [0.5, 0.6) is 0 Å². The molecule has 0 aliphatic carbocycles. The number of hydrogen-bond donors (Lipinski definition) is 0. The molecule has 0 saturated heterocycles. The lowest BCUT2D eigenvalue weighted by Gasteiger charge is -2.22. The van der Waals surface area contributed by atoms with Crippen molar-refractivity contribution in [3.63, 3.8) is 0 Å². The standard InChI is InChI=1S/C55H38O/c1-3-15-38(16-4-1)40-19-9-21-42(33-40)44-23-11-26-47(35-44)54(48-27-12-24-45(36-48)43-22-10-20-41(34-43)39-17-5-2-6-18-39)49-28-13-25-46(37-49)50-30-14-31-52-51-29-7-8-32-53(51)56-55(50)52/h1-37,54H. The van der Waals surface area contributed by atoms with Crippen molar-refractivity contribution in [2.75, 3.05) is 0 Å². The summed E-state index contributed by atoms with van der Waals surface area (Å²) >= 11 is 0. The minimum atomic E-state index is -0.0284. The van der Waals surface area contributed by atoms with Crippen molar-refractivity contribution in [1.82, 2.24) is 0 Å². The zero-order valence-electron chi connectivity index (χ0n) is 30.8. The summed E-state index contributed by atoms with van der Waals surface area (Å²) in [6.45, 7) is 0. The Kier molecular flexibility index (Phi) is 8.67. The van der Waals surface area contributed by atoms with Crippen LogP contribution in [0.1, 0.15) is 22.6 Å². The van der Waals surface area contributed by atoms with Gasteiger partial charge in [-0.2, -0.15) is 0 Å². The molecule has 1 heterocycles. The number of hydrogen-bond acceptors (Lipinski definition) is 1. The second-order valence-corrected chi connectivity index (χ2v) is 14.5. The Morgan fingerprint density at radius 2 is 0.643 bits per heavy atom. The zero-order chi connectivity index (χ0) is 37.3. The normalized spacial score (nSPS) is 11.4. The third kappa shape index (κ3) is 6.40. The molecular weight excluding hydrogens is 677 g/mol. The summed E-state index contributed by atoms with van der Waals surface area (Å²) in [5, 5.41) is 2.27. The number of rotatable bonds is 8. The van der Waals surface area contributed by atoms with E-state index in [0.717, 1.165) is 33.1 Å². The minimum Gasteiger partial charge on any atom is -0.455 e. The molecule has 56 heavy (non-hydrogen) atoms. The highest BCUT2D eigenvalue weighted by atomic mass is 16.3. The molecule has 1 heteroatoms. The van der Waals surface area contributed by atoms with Crippen molar-refractivity contribution in [3.8, 4) is 55.6 Å². The molecule has 1 aromatic heterocycles. The summed E-state index contributed by atoms with van der Waals surface area (Å²) in [4.78, 5) is 0. The van der Waals surface area contributed by atoms with Crippen LogP contribution in [0.3, 0.4) is 0 Å². The van der Waals surface area contributed by atoms with Gasteiger partial charge in [0.1, 0.15) is 11.2 Å². The number of benzene rings is 9. The minimum absolute atomic E-state index is 0.0284. The van der Waals surface area contributed by atoms with Gasteiger partial charge in [0.05, 0.1) is 0 Å². The molecule has 0 bridgehead atoms. The van der Waals surface area contributed by atoms with E-state index in [9.17, 15) is 0 Å². The summed E-state index contributed by atoms with van der Waals surface area (Å²) in [5.41, 5.74) is 17.4. The molecule has 0 N–H and O–H groups in total. The van der Waals surface area contributed by atoms with Crippen molar-refractivity contribution in [3.05, 3.63) is 241 Å².